The highest BCUT2D eigenvalue weighted by Crippen LogP contribution is 2.21. The lowest BCUT2D eigenvalue weighted by Gasteiger charge is -2.30. The Morgan fingerprint density at radius 1 is 1.27 bits per heavy atom. The highest BCUT2D eigenvalue weighted by atomic mass is 32.2. The molecule has 1 aliphatic rings. The number of aliphatic hydroxyl groups is 1. The second-order valence-corrected chi connectivity index (χ2v) is 9.89. The fraction of sp³-hybridized carbons (Fsp3) is 0.409. The normalized spacial score (nSPS) is 19.0. The molecule has 2 atom stereocenters. The van der Waals surface area contributed by atoms with Gasteiger partial charge in [0.15, 0.2) is 15.6 Å². The molecule has 1 heterocycles. The molecule has 1 aliphatic heterocycles. The number of rotatable bonds is 9. The number of Topliss-reactive ketones (excluding diaryl/α,β-unsaturated/α-hetero) is 1. The van der Waals surface area contributed by atoms with Crippen molar-refractivity contribution in [1.82, 2.24) is 4.90 Å². The minimum Gasteiger partial charge on any atom is -0.491 e. The van der Waals surface area contributed by atoms with Crippen molar-refractivity contribution in [3.05, 3.63) is 65.5 Å². The van der Waals surface area contributed by atoms with E-state index in [1.165, 1.54) is 19.1 Å². The molecule has 6 nitrogen and oxygen atoms in total. The molecule has 3 rings (SSSR count). The summed E-state index contributed by atoms with van der Waals surface area (Å²) in [5.74, 6) is 0.277. The summed E-state index contributed by atoms with van der Waals surface area (Å²) >= 11 is 0. The lowest BCUT2D eigenvalue weighted by Crippen LogP contribution is -2.42. The Morgan fingerprint density at radius 2 is 2.00 bits per heavy atom. The molecule has 2 aromatic carbocycles. The van der Waals surface area contributed by atoms with E-state index in [0.717, 1.165) is 0 Å². The van der Waals surface area contributed by atoms with Crippen molar-refractivity contribution < 1.29 is 27.4 Å². The third-order valence-electron chi connectivity index (χ3n) is 5.15. The van der Waals surface area contributed by atoms with E-state index in [4.69, 9.17) is 4.74 Å². The predicted octanol–water partition coefficient (Wildman–Crippen LogP) is 2.46. The molecule has 0 amide bonds. The molecule has 1 N–H and O–H groups in total. The Bertz CT molecular complexity index is 977. The number of sulfone groups is 1. The van der Waals surface area contributed by atoms with E-state index < -0.39 is 15.9 Å². The van der Waals surface area contributed by atoms with Crippen LogP contribution in [0, 0.1) is 5.82 Å². The van der Waals surface area contributed by atoms with E-state index in [0.29, 0.717) is 29.8 Å². The molecular formula is C22H26FNO5S. The molecule has 1 saturated heterocycles. The van der Waals surface area contributed by atoms with Crippen LogP contribution < -0.4 is 4.74 Å². The number of aliphatic hydroxyl groups excluding tert-OH is 1. The van der Waals surface area contributed by atoms with Crippen molar-refractivity contribution >= 4 is 15.6 Å². The summed E-state index contributed by atoms with van der Waals surface area (Å²) in [6.07, 6.45) is -0.382. The summed E-state index contributed by atoms with van der Waals surface area (Å²) in [6.45, 7) is 2.03. The van der Waals surface area contributed by atoms with Gasteiger partial charge in [-0.15, -0.1) is 0 Å². The highest BCUT2D eigenvalue weighted by molar-refractivity contribution is 7.91. The van der Waals surface area contributed by atoms with Crippen molar-refractivity contribution in [1.29, 1.82) is 0 Å². The highest BCUT2D eigenvalue weighted by Gasteiger charge is 2.33. The Hall–Kier alpha value is -2.29. The Kier molecular flexibility index (Phi) is 7.23. The van der Waals surface area contributed by atoms with Gasteiger partial charge in [0.25, 0.3) is 0 Å². The number of carbonyl (C=O) groups excluding carboxylic acids is 1. The van der Waals surface area contributed by atoms with Gasteiger partial charge in [0.05, 0.1) is 11.5 Å². The van der Waals surface area contributed by atoms with Crippen molar-refractivity contribution in [2.75, 3.05) is 24.7 Å². The number of nitrogens with zero attached hydrogens (tertiary/aromatic N) is 1. The van der Waals surface area contributed by atoms with Crippen molar-refractivity contribution in [3.8, 4) is 5.75 Å². The Labute approximate surface area is 176 Å². The van der Waals surface area contributed by atoms with Crippen LogP contribution in [0.3, 0.4) is 0 Å². The summed E-state index contributed by atoms with van der Waals surface area (Å²) in [6, 6.07) is 12.6. The average molecular weight is 436 g/mol. The van der Waals surface area contributed by atoms with Gasteiger partial charge in [0.2, 0.25) is 0 Å². The molecule has 0 spiro atoms. The first-order valence-corrected chi connectivity index (χ1v) is 11.6. The number of benzene rings is 2. The zero-order valence-electron chi connectivity index (χ0n) is 16.8. The van der Waals surface area contributed by atoms with E-state index >= 15 is 0 Å². The minimum atomic E-state index is -3.10. The van der Waals surface area contributed by atoms with Gasteiger partial charge in [-0.3, -0.25) is 9.69 Å². The van der Waals surface area contributed by atoms with Crippen LogP contribution in [0.25, 0.3) is 0 Å². The average Bonchev–Trinajstić information content (AvgIpc) is 3.06. The monoisotopic (exact) mass is 435 g/mol. The van der Waals surface area contributed by atoms with Crippen LogP contribution in [0.1, 0.15) is 29.3 Å². The Morgan fingerprint density at radius 3 is 2.60 bits per heavy atom. The molecule has 8 heteroatoms. The molecule has 1 fully saturated rings. The number of halogens is 1. The summed E-state index contributed by atoms with van der Waals surface area (Å²) in [5, 5.41) is 10.5. The maximum atomic E-state index is 13.6. The zero-order chi connectivity index (χ0) is 21.7. The van der Waals surface area contributed by atoms with Crippen molar-refractivity contribution in [2.24, 2.45) is 0 Å². The van der Waals surface area contributed by atoms with Gasteiger partial charge < -0.3 is 9.84 Å². The van der Waals surface area contributed by atoms with Crippen LogP contribution in [0.15, 0.2) is 48.5 Å². The van der Waals surface area contributed by atoms with Gasteiger partial charge in [-0.05, 0) is 55.3 Å². The summed E-state index contributed by atoms with van der Waals surface area (Å²) in [4.78, 5) is 13.2. The van der Waals surface area contributed by atoms with E-state index in [-0.39, 0.29) is 42.3 Å². The van der Waals surface area contributed by atoms with Gasteiger partial charge >= 0.3 is 0 Å². The minimum absolute atomic E-state index is 0.0124. The van der Waals surface area contributed by atoms with Crippen molar-refractivity contribution in [2.45, 2.75) is 32.0 Å². The van der Waals surface area contributed by atoms with Gasteiger partial charge in [-0.25, -0.2) is 12.8 Å². The molecule has 2 unspecified atom stereocenters. The first-order chi connectivity index (χ1) is 14.2. The lowest BCUT2D eigenvalue weighted by atomic mass is 10.1. The van der Waals surface area contributed by atoms with E-state index in [1.807, 2.05) is 4.90 Å². The molecule has 162 valence electrons. The summed E-state index contributed by atoms with van der Waals surface area (Å²) in [7, 11) is -3.10. The van der Waals surface area contributed by atoms with Crippen LogP contribution in [-0.2, 0) is 16.4 Å². The van der Waals surface area contributed by atoms with E-state index in [2.05, 4.69) is 0 Å². The standard InChI is InChI=1S/C22H26FNO5S/c1-16(25)18-5-7-22(8-6-18)29-14-21(26)13-24(20-9-10-30(27,28)15-20)12-17-3-2-4-19(23)11-17/h2-8,11,20-21,26H,9-10,12-15H2,1H3. The summed E-state index contributed by atoms with van der Waals surface area (Å²) in [5.41, 5.74) is 1.29. The fourth-order valence-corrected chi connectivity index (χ4v) is 5.34. The number of carbonyl (C=O) groups is 1. The molecule has 0 radical (unpaired) electrons. The van der Waals surface area contributed by atoms with Crippen LogP contribution in [-0.4, -0.2) is 61.0 Å². The quantitative estimate of drug-likeness (QED) is 0.609. The van der Waals surface area contributed by atoms with Crippen molar-refractivity contribution in [3.63, 3.8) is 0 Å². The molecule has 30 heavy (non-hydrogen) atoms. The number of ketones is 1. The lowest BCUT2D eigenvalue weighted by molar-refractivity contribution is 0.0524. The van der Waals surface area contributed by atoms with Crippen LogP contribution in [0.5, 0.6) is 5.75 Å². The second-order valence-electron chi connectivity index (χ2n) is 7.66. The summed E-state index contributed by atoms with van der Waals surface area (Å²) < 4.78 is 43.0. The number of hydrogen-bond donors (Lipinski definition) is 1. The molecule has 0 bridgehead atoms. The molecule has 2 aromatic rings. The fourth-order valence-electron chi connectivity index (χ4n) is 3.58. The largest absolute Gasteiger partial charge is 0.491 e. The predicted molar refractivity (Wildman–Crippen MR) is 112 cm³/mol. The first-order valence-electron chi connectivity index (χ1n) is 9.82. The van der Waals surface area contributed by atoms with Crippen LogP contribution >= 0.6 is 0 Å². The van der Waals surface area contributed by atoms with Crippen LogP contribution in [0.2, 0.25) is 0 Å². The topological polar surface area (TPSA) is 83.9 Å². The smallest absolute Gasteiger partial charge is 0.159 e. The third kappa shape index (κ3) is 6.35. The molecule has 0 aliphatic carbocycles. The van der Waals surface area contributed by atoms with Gasteiger partial charge in [-0.1, -0.05) is 12.1 Å². The number of hydrogen-bond acceptors (Lipinski definition) is 6. The zero-order valence-corrected chi connectivity index (χ0v) is 17.6. The van der Waals surface area contributed by atoms with Gasteiger partial charge in [0.1, 0.15) is 24.3 Å². The van der Waals surface area contributed by atoms with Crippen LogP contribution in [0.4, 0.5) is 4.39 Å². The van der Waals surface area contributed by atoms with Gasteiger partial charge in [0, 0.05) is 24.7 Å². The second kappa shape index (κ2) is 9.68. The maximum Gasteiger partial charge on any atom is 0.159 e. The molecule has 0 aromatic heterocycles. The SMILES string of the molecule is CC(=O)c1ccc(OCC(O)CN(Cc2cccc(F)c2)C2CCS(=O)(=O)C2)cc1. The maximum absolute atomic E-state index is 13.6. The third-order valence-corrected chi connectivity index (χ3v) is 6.90. The van der Waals surface area contributed by atoms with E-state index in [1.54, 1.807) is 36.4 Å². The van der Waals surface area contributed by atoms with E-state index in [9.17, 15) is 22.7 Å². The molecule has 0 saturated carbocycles. The Balaban J connectivity index is 1.63. The first kappa shape index (κ1) is 22.4. The number of ether oxygens (including phenoxy) is 1. The van der Waals surface area contributed by atoms with Gasteiger partial charge in [-0.2, -0.15) is 0 Å². The molecular weight excluding hydrogens is 409 g/mol.